The zero-order valence-corrected chi connectivity index (χ0v) is 24.1. The highest BCUT2D eigenvalue weighted by Crippen LogP contribution is 2.63. The summed E-state index contributed by atoms with van der Waals surface area (Å²) >= 11 is 0. The van der Waals surface area contributed by atoms with Gasteiger partial charge < -0.3 is 0 Å². The number of alkyl halides is 12. The number of rotatable bonds is 4. The van der Waals surface area contributed by atoms with Gasteiger partial charge in [-0.05, 0) is 22.3 Å². The lowest BCUT2D eigenvalue weighted by Gasteiger charge is -2.40. The van der Waals surface area contributed by atoms with Gasteiger partial charge in [-0.25, -0.2) is 0 Å². The first-order chi connectivity index (χ1) is 22.4. The first kappa shape index (κ1) is 34.3. The van der Waals surface area contributed by atoms with Crippen LogP contribution >= 0.6 is 0 Å². The van der Waals surface area contributed by atoms with Crippen molar-refractivity contribution in [3.63, 3.8) is 0 Å². The molecular formula is C36H20F12. The largest absolute Gasteiger partial charge is 0.417 e. The molecule has 0 spiro atoms. The molecule has 4 aromatic rings. The molecule has 0 nitrogen and oxygen atoms in total. The Balaban J connectivity index is 2.22. The normalized spacial score (nSPS) is 14.1. The second kappa shape index (κ2) is 12.6. The third-order valence-corrected chi connectivity index (χ3v) is 7.38. The lowest BCUT2D eigenvalue weighted by atomic mass is 9.63. The molecule has 1 aliphatic carbocycles. The number of hydrogen-bond donors (Lipinski definition) is 0. The fourth-order valence-corrected chi connectivity index (χ4v) is 5.66. The van der Waals surface area contributed by atoms with Gasteiger partial charge in [0.15, 0.2) is 0 Å². The summed E-state index contributed by atoms with van der Waals surface area (Å²) in [7, 11) is 0. The number of allylic oxidation sites excluding steroid dienone is 8. The SMILES string of the molecule is FC(F)(F)C(=C1C(=C(c2ccccc2)C(F)(F)F)C(=C(c2ccccc2)C(F)(F)F)C1=C(c1ccccc1)C(F)(F)F)c1ccccc1. The molecule has 0 N–H and O–H groups in total. The fourth-order valence-electron chi connectivity index (χ4n) is 5.66. The van der Waals surface area contributed by atoms with Crippen molar-refractivity contribution < 1.29 is 52.7 Å². The maximum absolute atomic E-state index is 15.1. The van der Waals surface area contributed by atoms with Crippen molar-refractivity contribution >= 4 is 22.3 Å². The Bertz CT molecular complexity index is 1600. The van der Waals surface area contributed by atoms with Crippen LogP contribution in [0.15, 0.2) is 144 Å². The molecule has 48 heavy (non-hydrogen) atoms. The summed E-state index contributed by atoms with van der Waals surface area (Å²) in [5.41, 5.74) is -18.0. The maximum atomic E-state index is 15.1. The third kappa shape index (κ3) is 6.69. The predicted octanol–water partition coefficient (Wildman–Crippen LogP) is 12.1. The maximum Gasteiger partial charge on any atom is 0.417 e. The van der Waals surface area contributed by atoms with Crippen LogP contribution in [0.4, 0.5) is 52.7 Å². The Labute approximate surface area is 265 Å². The van der Waals surface area contributed by atoms with Crippen molar-refractivity contribution in [2.75, 3.05) is 0 Å². The standard InChI is InChI=1S/C36H20F12/c37-33(38,39)29(21-13-5-1-6-14-21)25-26(30(34(40,41)42)22-15-7-2-8-16-22)28(32(36(46,47)48)24-19-11-4-12-20-24)27(25)31(35(43,44)45)23-17-9-3-10-18-23/h1-20H. The molecule has 1 fully saturated rings. The van der Waals surface area contributed by atoms with E-state index in [4.69, 9.17) is 0 Å². The van der Waals surface area contributed by atoms with Gasteiger partial charge in [0.1, 0.15) is 0 Å². The Morgan fingerprint density at radius 2 is 0.396 bits per heavy atom. The molecule has 12 heteroatoms. The van der Waals surface area contributed by atoms with E-state index in [1.165, 1.54) is 24.3 Å². The van der Waals surface area contributed by atoms with Crippen LogP contribution in [0.1, 0.15) is 22.3 Å². The van der Waals surface area contributed by atoms with E-state index in [9.17, 15) is 0 Å². The first-order valence-electron chi connectivity index (χ1n) is 13.9. The molecule has 0 heterocycles. The van der Waals surface area contributed by atoms with E-state index in [-0.39, 0.29) is 0 Å². The molecule has 0 radical (unpaired) electrons. The summed E-state index contributed by atoms with van der Waals surface area (Å²) in [6.07, 6.45) is -22.6. The van der Waals surface area contributed by atoms with Gasteiger partial charge in [0.05, 0.1) is 22.3 Å². The zero-order valence-electron chi connectivity index (χ0n) is 24.1. The van der Waals surface area contributed by atoms with Crippen LogP contribution in [-0.2, 0) is 0 Å². The van der Waals surface area contributed by atoms with Gasteiger partial charge in [-0.2, -0.15) is 52.7 Å². The van der Waals surface area contributed by atoms with Crippen molar-refractivity contribution in [3.8, 4) is 0 Å². The highest BCUT2D eigenvalue weighted by atomic mass is 19.4. The summed E-state index contributed by atoms with van der Waals surface area (Å²) in [5, 5.41) is 0. The second-order valence-electron chi connectivity index (χ2n) is 10.5. The van der Waals surface area contributed by atoms with E-state index in [0.717, 1.165) is 97.1 Å². The molecule has 5 rings (SSSR count). The molecule has 0 aliphatic heterocycles. The molecule has 1 aliphatic rings. The lowest BCUT2D eigenvalue weighted by Crippen LogP contribution is -2.32. The number of hydrogen-bond acceptors (Lipinski definition) is 0. The average Bonchev–Trinajstić information content (AvgIpc) is 3.00. The monoisotopic (exact) mass is 680 g/mol. The van der Waals surface area contributed by atoms with E-state index in [1.807, 2.05) is 0 Å². The van der Waals surface area contributed by atoms with Gasteiger partial charge in [-0.15, -0.1) is 0 Å². The number of benzene rings is 4. The first-order valence-corrected chi connectivity index (χ1v) is 13.9. The van der Waals surface area contributed by atoms with Crippen LogP contribution in [0.2, 0.25) is 0 Å². The van der Waals surface area contributed by atoms with E-state index >= 15 is 52.7 Å². The van der Waals surface area contributed by atoms with Crippen molar-refractivity contribution in [1.29, 1.82) is 0 Å². The van der Waals surface area contributed by atoms with Gasteiger partial charge in [-0.3, -0.25) is 0 Å². The van der Waals surface area contributed by atoms with Gasteiger partial charge in [0, 0.05) is 22.3 Å². The van der Waals surface area contributed by atoms with Crippen LogP contribution in [0.3, 0.4) is 0 Å². The minimum Gasteiger partial charge on any atom is -0.166 e. The van der Waals surface area contributed by atoms with Gasteiger partial charge in [0.2, 0.25) is 0 Å². The minimum absolute atomic E-state index is 0.806. The average molecular weight is 681 g/mol. The molecule has 0 amide bonds. The predicted molar refractivity (Wildman–Crippen MR) is 158 cm³/mol. The molecule has 0 saturated heterocycles. The molecular weight excluding hydrogens is 660 g/mol. The van der Waals surface area contributed by atoms with E-state index in [0.29, 0.717) is 0 Å². The molecule has 0 bridgehead atoms. The van der Waals surface area contributed by atoms with Crippen molar-refractivity contribution in [1.82, 2.24) is 0 Å². The molecule has 0 aromatic heterocycles. The van der Waals surface area contributed by atoms with Crippen LogP contribution in [-0.4, -0.2) is 24.7 Å². The highest BCUT2D eigenvalue weighted by Gasteiger charge is 2.55. The topological polar surface area (TPSA) is 0 Å². The van der Waals surface area contributed by atoms with Crippen molar-refractivity contribution in [2.45, 2.75) is 24.7 Å². The van der Waals surface area contributed by atoms with Crippen LogP contribution in [0.25, 0.3) is 22.3 Å². The van der Waals surface area contributed by atoms with Crippen molar-refractivity contribution in [2.24, 2.45) is 0 Å². The minimum atomic E-state index is -5.65. The lowest BCUT2D eigenvalue weighted by molar-refractivity contribution is -0.0732. The molecule has 1 saturated carbocycles. The smallest absolute Gasteiger partial charge is 0.166 e. The van der Waals surface area contributed by atoms with E-state index in [1.54, 1.807) is 0 Å². The summed E-state index contributed by atoms with van der Waals surface area (Å²) in [5.74, 6) is 0. The van der Waals surface area contributed by atoms with Crippen molar-refractivity contribution in [3.05, 3.63) is 166 Å². The van der Waals surface area contributed by atoms with E-state index < -0.39 is 91.5 Å². The fraction of sp³-hybridized carbons (Fsp3) is 0.111. The van der Waals surface area contributed by atoms with E-state index in [2.05, 4.69) is 0 Å². The third-order valence-electron chi connectivity index (χ3n) is 7.38. The zero-order chi connectivity index (χ0) is 35.1. The number of halogens is 12. The van der Waals surface area contributed by atoms with Crippen LogP contribution in [0, 0.1) is 0 Å². The molecule has 0 unspecified atom stereocenters. The quantitative estimate of drug-likeness (QED) is 0.188. The van der Waals surface area contributed by atoms with Gasteiger partial charge in [-0.1, -0.05) is 121 Å². The van der Waals surface area contributed by atoms with Crippen LogP contribution < -0.4 is 0 Å². The summed E-state index contributed by atoms with van der Waals surface area (Å²) < 4.78 is 182. The Kier molecular flexibility index (Phi) is 8.98. The molecule has 4 aromatic carbocycles. The molecule has 0 atom stereocenters. The summed E-state index contributed by atoms with van der Waals surface area (Å²) in [4.78, 5) is 0. The summed E-state index contributed by atoms with van der Waals surface area (Å²) in [6.45, 7) is 0. The Hall–Kier alpha value is -5.00. The Morgan fingerprint density at radius 3 is 0.521 bits per heavy atom. The van der Waals surface area contributed by atoms with Gasteiger partial charge in [0.25, 0.3) is 0 Å². The second-order valence-corrected chi connectivity index (χ2v) is 10.5. The Morgan fingerprint density at radius 1 is 0.250 bits per heavy atom. The molecule has 248 valence electrons. The highest BCUT2D eigenvalue weighted by molar-refractivity contribution is 6.08. The van der Waals surface area contributed by atoms with Crippen LogP contribution in [0.5, 0.6) is 0 Å². The summed E-state index contributed by atoms with van der Waals surface area (Å²) in [6, 6.07) is 20.0. The van der Waals surface area contributed by atoms with Gasteiger partial charge >= 0.3 is 24.7 Å².